The minimum Gasteiger partial charge on any atom is -0.481 e. The summed E-state index contributed by atoms with van der Waals surface area (Å²) in [5.41, 5.74) is 0.498. The number of carbonyl (C=O) groups excluding carboxylic acids is 1. The number of nitrogens with zero attached hydrogens (tertiary/aromatic N) is 1. The molecule has 1 saturated carbocycles. The van der Waals surface area contributed by atoms with E-state index in [4.69, 9.17) is 5.11 Å². The van der Waals surface area contributed by atoms with Gasteiger partial charge in [0.25, 0.3) is 0 Å². The highest BCUT2D eigenvalue weighted by Gasteiger charge is 2.42. The summed E-state index contributed by atoms with van der Waals surface area (Å²) >= 11 is 0. The molecule has 2 rings (SSSR count). The van der Waals surface area contributed by atoms with Crippen molar-refractivity contribution in [2.45, 2.75) is 45.4 Å². The van der Waals surface area contributed by atoms with Crippen molar-refractivity contribution < 1.29 is 14.7 Å². The number of aliphatic carboxylic acids is 1. The number of carbonyl (C=O) groups is 2. The lowest BCUT2D eigenvalue weighted by Crippen LogP contribution is -2.43. The first kappa shape index (κ1) is 15.5. The van der Waals surface area contributed by atoms with Gasteiger partial charge in [-0.2, -0.15) is 0 Å². The number of carboxylic acids is 1. The summed E-state index contributed by atoms with van der Waals surface area (Å²) in [6.07, 6.45) is 4.79. The predicted octanol–water partition coefficient (Wildman–Crippen LogP) is 3.46. The van der Waals surface area contributed by atoms with Crippen LogP contribution >= 0.6 is 0 Å². The van der Waals surface area contributed by atoms with Crippen LogP contribution in [0.3, 0.4) is 0 Å². The van der Waals surface area contributed by atoms with Crippen LogP contribution in [0.1, 0.15) is 45.4 Å². The van der Waals surface area contributed by atoms with Crippen molar-refractivity contribution in [1.29, 1.82) is 0 Å². The zero-order valence-corrected chi connectivity index (χ0v) is 12.5. The molecular weight excluding hydrogens is 266 g/mol. The first-order valence-electron chi connectivity index (χ1n) is 7.68. The van der Waals surface area contributed by atoms with E-state index in [2.05, 4.69) is 6.92 Å². The molecule has 4 nitrogen and oxygen atoms in total. The third kappa shape index (κ3) is 3.43. The molecule has 1 aliphatic rings. The molecule has 1 aliphatic carbocycles. The number of hydrogen-bond donors (Lipinski definition) is 1. The van der Waals surface area contributed by atoms with Crippen LogP contribution in [0.4, 0.5) is 5.69 Å². The van der Waals surface area contributed by atoms with E-state index in [0.717, 1.165) is 37.8 Å². The van der Waals surface area contributed by atoms with Crippen molar-refractivity contribution in [3.8, 4) is 0 Å². The number of carboxylic acid groups (broad SMARTS) is 1. The van der Waals surface area contributed by atoms with Gasteiger partial charge in [-0.1, -0.05) is 38.0 Å². The molecule has 0 bridgehead atoms. The van der Waals surface area contributed by atoms with Crippen LogP contribution in [-0.4, -0.2) is 23.5 Å². The summed E-state index contributed by atoms with van der Waals surface area (Å²) in [5, 5.41) is 8.94. The summed E-state index contributed by atoms with van der Waals surface area (Å²) in [7, 11) is 0. The third-order valence-electron chi connectivity index (χ3n) is 4.55. The van der Waals surface area contributed by atoms with Crippen LogP contribution in [-0.2, 0) is 9.59 Å². The maximum atomic E-state index is 13.0. The van der Waals surface area contributed by atoms with E-state index in [-0.39, 0.29) is 24.3 Å². The maximum absolute atomic E-state index is 13.0. The number of anilines is 1. The van der Waals surface area contributed by atoms with Crippen LogP contribution in [0.15, 0.2) is 30.3 Å². The lowest BCUT2D eigenvalue weighted by molar-refractivity contribution is -0.136. The molecule has 0 aliphatic heterocycles. The first-order valence-corrected chi connectivity index (χ1v) is 7.68. The highest BCUT2D eigenvalue weighted by molar-refractivity contribution is 5.98. The molecule has 0 spiro atoms. The molecule has 0 aromatic heterocycles. The number of para-hydroxylation sites is 1. The van der Waals surface area contributed by atoms with Crippen molar-refractivity contribution >= 4 is 17.6 Å². The van der Waals surface area contributed by atoms with Crippen molar-refractivity contribution in [2.24, 2.45) is 5.41 Å². The zero-order chi connectivity index (χ0) is 15.3. The molecule has 1 N–H and O–H groups in total. The molecule has 0 unspecified atom stereocenters. The fourth-order valence-corrected chi connectivity index (χ4v) is 3.22. The fourth-order valence-electron chi connectivity index (χ4n) is 3.22. The molecule has 0 heterocycles. The van der Waals surface area contributed by atoms with E-state index in [9.17, 15) is 9.59 Å². The molecule has 1 amide bonds. The Bertz CT molecular complexity index is 492. The minimum atomic E-state index is -0.874. The molecule has 0 saturated heterocycles. The lowest BCUT2D eigenvalue weighted by atomic mass is 9.81. The summed E-state index contributed by atoms with van der Waals surface area (Å²) in [6, 6.07) is 9.40. The largest absolute Gasteiger partial charge is 0.481 e. The van der Waals surface area contributed by atoms with Crippen LogP contribution in [0.25, 0.3) is 0 Å². The molecule has 1 fully saturated rings. The average Bonchev–Trinajstić information content (AvgIpc) is 2.98. The number of rotatable bonds is 6. The van der Waals surface area contributed by atoms with Gasteiger partial charge in [0, 0.05) is 17.6 Å². The zero-order valence-electron chi connectivity index (χ0n) is 12.5. The SMILES string of the molecule is CCC1(C(=O)N(CCC(=O)O)c2ccccc2)CCCC1. The van der Waals surface area contributed by atoms with Crippen molar-refractivity contribution in [3.63, 3.8) is 0 Å². The highest BCUT2D eigenvalue weighted by Crippen LogP contribution is 2.43. The summed E-state index contributed by atoms with van der Waals surface area (Å²) in [4.78, 5) is 25.6. The quantitative estimate of drug-likeness (QED) is 0.872. The van der Waals surface area contributed by atoms with Gasteiger partial charge in [-0.15, -0.1) is 0 Å². The van der Waals surface area contributed by atoms with Gasteiger partial charge in [-0.05, 0) is 31.4 Å². The Kier molecular flexibility index (Phi) is 4.99. The minimum absolute atomic E-state index is 0.0274. The van der Waals surface area contributed by atoms with Crippen LogP contribution < -0.4 is 4.90 Å². The molecular formula is C17H23NO3. The van der Waals surface area contributed by atoms with E-state index in [1.807, 2.05) is 30.3 Å². The van der Waals surface area contributed by atoms with E-state index in [1.165, 1.54) is 0 Å². The third-order valence-corrected chi connectivity index (χ3v) is 4.55. The average molecular weight is 289 g/mol. The van der Waals surface area contributed by atoms with E-state index in [1.54, 1.807) is 4.90 Å². The molecule has 1 aromatic carbocycles. The van der Waals surface area contributed by atoms with Gasteiger partial charge in [0.2, 0.25) is 5.91 Å². The van der Waals surface area contributed by atoms with E-state index in [0.29, 0.717) is 0 Å². The van der Waals surface area contributed by atoms with Gasteiger partial charge in [0.15, 0.2) is 0 Å². The predicted molar refractivity (Wildman–Crippen MR) is 82.2 cm³/mol. The smallest absolute Gasteiger partial charge is 0.305 e. The standard InChI is InChI=1S/C17H23NO3/c1-2-17(11-6-7-12-17)16(21)18(13-10-15(19)20)14-8-4-3-5-9-14/h3-5,8-9H,2,6-7,10-13H2,1H3,(H,19,20). The monoisotopic (exact) mass is 289 g/mol. The Morgan fingerprint density at radius 1 is 1.19 bits per heavy atom. The summed E-state index contributed by atoms with van der Waals surface area (Å²) < 4.78 is 0. The van der Waals surface area contributed by atoms with Crippen molar-refractivity contribution in [2.75, 3.05) is 11.4 Å². The molecule has 0 atom stereocenters. The van der Waals surface area contributed by atoms with Gasteiger partial charge in [-0.3, -0.25) is 9.59 Å². The number of hydrogen-bond acceptors (Lipinski definition) is 2. The number of amides is 1. The molecule has 114 valence electrons. The Hall–Kier alpha value is -1.84. The van der Waals surface area contributed by atoms with Gasteiger partial charge in [-0.25, -0.2) is 0 Å². The Morgan fingerprint density at radius 2 is 1.81 bits per heavy atom. The maximum Gasteiger partial charge on any atom is 0.305 e. The second-order valence-corrected chi connectivity index (χ2v) is 5.78. The highest BCUT2D eigenvalue weighted by atomic mass is 16.4. The normalized spacial score (nSPS) is 16.6. The summed E-state index contributed by atoms with van der Waals surface area (Å²) in [6.45, 7) is 2.30. The Labute approximate surface area is 125 Å². The van der Waals surface area contributed by atoms with E-state index >= 15 is 0 Å². The van der Waals surface area contributed by atoms with E-state index < -0.39 is 5.97 Å². The van der Waals surface area contributed by atoms with Crippen LogP contribution in [0, 0.1) is 5.41 Å². The first-order chi connectivity index (χ1) is 10.1. The van der Waals surface area contributed by atoms with Gasteiger partial charge in [0.1, 0.15) is 0 Å². The van der Waals surface area contributed by atoms with Crippen molar-refractivity contribution in [1.82, 2.24) is 0 Å². The van der Waals surface area contributed by atoms with Crippen LogP contribution in [0.5, 0.6) is 0 Å². The van der Waals surface area contributed by atoms with Gasteiger partial charge in [0.05, 0.1) is 6.42 Å². The Balaban J connectivity index is 2.26. The molecule has 1 aromatic rings. The molecule has 21 heavy (non-hydrogen) atoms. The van der Waals surface area contributed by atoms with Gasteiger partial charge < -0.3 is 10.0 Å². The lowest BCUT2D eigenvalue weighted by Gasteiger charge is -2.33. The van der Waals surface area contributed by atoms with Gasteiger partial charge >= 0.3 is 5.97 Å². The number of benzene rings is 1. The summed E-state index contributed by atoms with van der Waals surface area (Å²) in [5.74, 6) is -0.782. The fraction of sp³-hybridized carbons (Fsp3) is 0.529. The molecule has 0 radical (unpaired) electrons. The second-order valence-electron chi connectivity index (χ2n) is 5.78. The van der Waals surface area contributed by atoms with Crippen LogP contribution in [0.2, 0.25) is 0 Å². The Morgan fingerprint density at radius 3 is 2.33 bits per heavy atom. The molecule has 4 heteroatoms. The second kappa shape index (κ2) is 6.74. The van der Waals surface area contributed by atoms with Crippen molar-refractivity contribution in [3.05, 3.63) is 30.3 Å². The topological polar surface area (TPSA) is 57.6 Å².